The fourth-order valence-corrected chi connectivity index (χ4v) is 7.75. The van der Waals surface area contributed by atoms with Crippen molar-refractivity contribution in [1.82, 2.24) is 34.6 Å². The van der Waals surface area contributed by atoms with Crippen LogP contribution in [0.25, 0.3) is 11.2 Å². The van der Waals surface area contributed by atoms with E-state index in [9.17, 15) is 14.4 Å². The first-order chi connectivity index (χ1) is 24.7. The van der Waals surface area contributed by atoms with Crippen molar-refractivity contribution in [2.24, 2.45) is 0 Å². The number of H-pyrrole nitrogens is 1. The lowest BCUT2D eigenvalue weighted by Gasteiger charge is -2.31. The number of esters is 2. The summed E-state index contributed by atoms with van der Waals surface area (Å²) >= 11 is 0. The highest BCUT2D eigenvalue weighted by atomic mass is 31.2. The first-order valence-electron chi connectivity index (χ1n) is 16.8. The molecule has 15 nitrogen and oxygen atoms in total. The highest BCUT2D eigenvalue weighted by Gasteiger charge is 2.35. The Balaban J connectivity index is 0.00000226. The van der Waals surface area contributed by atoms with Gasteiger partial charge in [0.1, 0.15) is 12.1 Å². The largest absolute Gasteiger partial charge is 0.465 e. The van der Waals surface area contributed by atoms with Gasteiger partial charge in [-0.3, -0.25) is 18.9 Å². The van der Waals surface area contributed by atoms with Crippen LogP contribution >= 0.6 is 7.44 Å². The van der Waals surface area contributed by atoms with Crippen molar-refractivity contribution in [2.45, 2.75) is 58.7 Å². The molecule has 16 heteroatoms. The van der Waals surface area contributed by atoms with Crippen LogP contribution in [0.4, 0.5) is 0 Å². The SMILES string of the molecule is CCCN(CCn1cnc2c(=O)[nH]cnc21)CCP(=O)(N[C@@H](Cc1ccccc1)C(=O)OCC)N[C@@H](Cc1ccccc1)C(=O)OCC.O=C=O. The number of aromatic nitrogens is 4. The predicted octanol–water partition coefficient (Wildman–Crippen LogP) is 2.97. The summed E-state index contributed by atoms with van der Waals surface area (Å²) in [6, 6.07) is 17.0. The van der Waals surface area contributed by atoms with Gasteiger partial charge in [-0.15, -0.1) is 0 Å². The molecular formula is C35H46N7O8P. The van der Waals surface area contributed by atoms with Gasteiger partial charge in [-0.25, -0.2) is 20.1 Å². The minimum atomic E-state index is -3.69. The van der Waals surface area contributed by atoms with E-state index >= 15 is 4.57 Å². The second-order valence-corrected chi connectivity index (χ2v) is 13.9. The second kappa shape index (κ2) is 21.4. The fraction of sp³-hybridized carbons (Fsp3) is 0.429. The first-order valence-corrected chi connectivity index (χ1v) is 18.7. The molecule has 4 rings (SSSR count). The van der Waals surface area contributed by atoms with Crippen LogP contribution in [-0.2, 0) is 52.6 Å². The number of aromatic amines is 1. The molecule has 51 heavy (non-hydrogen) atoms. The quantitative estimate of drug-likeness (QED) is 0.0891. The predicted molar refractivity (Wildman–Crippen MR) is 190 cm³/mol. The molecule has 0 unspecified atom stereocenters. The molecule has 2 aromatic heterocycles. The van der Waals surface area contributed by atoms with E-state index in [0.717, 1.165) is 17.5 Å². The van der Waals surface area contributed by atoms with Gasteiger partial charge in [0.15, 0.2) is 11.2 Å². The zero-order valence-corrected chi connectivity index (χ0v) is 30.1. The molecule has 0 aliphatic heterocycles. The van der Waals surface area contributed by atoms with E-state index in [0.29, 0.717) is 31.8 Å². The highest BCUT2D eigenvalue weighted by molar-refractivity contribution is 7.60. The first kappa shape index (κ1) is 40.6. The summed E-state index contributed by atoms with van der Waals surface area (Å²) < 4.78 is 27.7. The van der Waals surface area contributed by atoms with Crippen molar-refractivity contribution >= 4 is 36.7 Å². The van der Waals surface area contributed by atoms with Crippen LogP contribution in [0.2, 0.25) is 0 Å². The van der Waals surface area contributed by atoms with Gasteiger partial charge in [0.25, 0.3) is 5.56 Å². The maximum Gasteiger partial charge on any atom is 0.373 e. The van der Waals surface area contributed by atoms with Gasteiger partial charge in [0.05, 0.1) is 25.9 Å². The summed E-state index contributed by atoms with van der Waals surface area (Å²) in [5.74, 6) is -1.06. The average molecular weight is 724 g/mol. The fourth-order valence-electron chi connectivity index (χ4n) is 5.46. The van der Waals surface area contributed by atoms with Crippen LogP contribution in [0.1, 0.15) is 38.3 Å². The van der Waals surface area contributed by atoms with Crippen LogP contribution in [0.15, 0.2) is 78.1 Å². The Morgan fingerprint density at radius 2 is 1.39 bits per heavy atom. The Hall–Kier alpha value is -4.78. The normalized spacial score (nSPS) is 12.4. The average Bonchev–Trinajstić information content (AvgIpc) is 3.55. The van der Waals surface area contributed by atoms with Crippen molar-refractivity contribution in [2.75, 3.05) is 39.0 Å². The molecule has 2 aromatic carbocycles. The van der Waals surface area contributed by atoms with Crippen LogP contribution in [0, 0.1) is 0 Å². The lowest BCUT2D eigenvalue weighted by Crippen LogP contribution is -2.47. The van der Waals surface area contributed by atoms with E-state index < -0.39 is 31.5 Å². The number of imidazole rings is 1. The Labute approximate surface area is 296 Å². The van der Waals surface area contributed by atoms with Gasteiger partial charge >= 0.3 is 18.1 Å². The monoisotopic (exact) mass is 723 g/mol. The van der Waals surface area contributed by atoms with Crippen molar-refractivity contribution in [1.29, 1.82) is 0 Å². The number of rotatable bonds is 20. The molecule has 4 aromatic rings. The lowest BCUT2D eigenvalue weighted by molar-refractivity contribution is -0.191. The van der Waals surface area contributed by atoms with E-state index in [2.05, 4.69) is 37.0 Å². The molecule has 0 amide bonds. The van der Waals surface area contributed by atoms with E-state index in [4.69, 9.17) is 19.1 Å². The molecule has 0 spiro atoms. The molecule has 2 heterocycles. The summed E-state index contributed by atoms with van der Waals surface area (Å²) in [5.41, 5.74) is 2.19. The number of hydrogen-bond donors (Lipinski definition) is 3. The highest BCUT2D eigenvalue weighted by Crippen LogP contribution is 2.38. The van der Waals surface area contributed by atoms with Gasteiger partial charge in [0.2, 0.25) is 7.44 Å². The number of nitrogens with one attached hydrogen (secondary N) is 3. The smallest absolute Gasteiger partial charge is 0.373 e. The molecule has 274 valence electrons. The van der Waals surface area contributed by atoms with Crippen molar-refractivity contribution < 1.29 is 33.2 Å². The zero-order valence-electron chi connectivity index (χ0n) is 29.2. The van der Waals surface area contributed by atoms with Crippen molar-refractivity contribution in [3.8, 4) is 0 Å². The summed E-state index contributed by atoms with van der Waals surface area (Å²) in [7, 11) is -3.69. The van der Waals surface area contributed by atoms with Crippen LogP contribution in [0.5, 0.6) is 0 Å². The molecule has 3 N–H and O–H groups in total. The summed E-state index contributed by atoms with van der Waals surface area (Å²) in [4.78, 5) is 68.1. The van der Waals surface area contributed by atoms with Crippen LogP contribution < -0.4 is 15.7 Å². The van der Waals surface area contributed by atoms with E-state index in [1.54, 1.807) is 20.2 Å². The van der Waals surface area contributed by atoms with Gasteiger partial charge < -0.3 is 23.9 Å². The topological polar surface area (TPSA) is 195 Å². The van der Waals surface area contributed by atoms with Crippen LogP contribution in [-0.4, -0.2) is 93.6 Å². The summed E-state index contributed by atoms with van der Waals surface area (Å²) in [6.07, 6.45) is 4.62. The zero-order chi connectivity index (χ0) is 37.1. The number of carbonyl (C=O) groups excluding carboxylic acids is 4. The van der Waals surface area contributed by atoms with Gasteiger partial charge in [-0.2, -0.15) is 9.59 Å². The Kier molecular flexibility index (Phi) is 17.1. The third-order valence-corrected chi connectivity index (χ3v) is 10.1. The number of ether oxygens (including phenoxy) is 2. The molecule has 0 radical (unpaired) electrons. The van der Waals surface area contributed by atoms with Crippen molar-refractivity contribution in [3.05, 3.63) is 94.8 Å². The molecule has 0 fully saturated rings. The molecule has 0 aliphatic carbocycles. The van der Waals surface area contributed by atoms with E-state index in [-0.39, 0.29) is 49.4 Å². The van der Waals surface area contributed by atoms with Gasteiger partial charge in [-0.05, 0) is 50.8 Å². The standard InChI is InChI=1S/C34H46N7O6P.CO2/c1-4-17-40(18-19-41-25-37-30-31(41)35-24-36-32(30)42)20-21-48(45,38-28(33(43)46-5-2)22-26-13-9-7-10-14-26)39-29(34(44)47-6-3)23-27-15-11-8-12-16-27;2-1-3/h7-16,24-25,28-29H,4-6,17-23H2,1-3H3,(H,35,36,42)(H2,38,39,45);/t28-,29-;/m0./s1. The van der Waals surface area contributed by atoms with Gasteiger partial charge in [-0.1, -0.05) is 67.6 Å². The molecule has 0 saturated carbocycles. The van der Waals surface area contributed by atoms with Crippen LogP contribution in [0.3, 0.4) is 0 Å². The third-order valence-electron chi connectivity index (χ3n) is 7.77. The Morgan fingerprint density at radius 3 is 1.88 bits per heavy atom. The molecule has 0 bridgehead atoms. The second-order valence-electron chi connectivity index (χ2n) is 11.5. The summed E-state index contributed by atoms with van der Waals surface area (Å²) in [5, 5.41) is 6.29. The minimum Gasteiger partial charge on any atom is -0.465 e. The summed E-state index contributed by atoms with van der Waals surface area (Å²) in [6.45, 7) is 7.98. The lowest BCUT2D eigenvalue weighted by atomic mass is 10.1. The number of carbonyl (C=O) groups is 2. The van der Waals surface area contributed by atoms with Crippen molar-refractivity contribution in [3.63, 3.8) is 0 Å². The minimum absolute atomic E-state index is 0.102. The maximum absolute atomic E-state index is 15.1. The maximum atomic E-state index is 15.1. The number of benzene rings is 2. The Morgan fingerprint density at radius 1 is 0.863 bits per heavy atom. The Bertz CT molecular complexity index is 1730. The number of nitrogens with zero attached hydrogens (tertiary/aromatic N) is 4. The van der Waals surface area contributed by atoms with Gasteiger partial charge in [0, 0.05) is 25.8 Å². The molecular weight excluding hydrogens is 677 g/mol. The van der Waals surface area contributed by atoms with E-state index in [1.165, 1.54) is 6.33 Å². The molecule has 0 aliphatic rings. The number of hydrogen-bond acceptors (Lipinski definition) is 11. The van der Waals surface area contributed by atoms with E-state index in [1.807, 2.05) is 65.2 Å². The number of fused-ring (bicyclic) bond motifs is 1. The molecule has 2 atom stereocenters. The molecule has 0 saturated heterocycles. The third kappa shape index (κ3) is 13.1.